The van der Waals surface area contributed by atoms with Gasteiger partial charge in [-0.1, -0.05) is 0 Å². The normalized spacial score (nSPS) is 14.8. The lowest BCUT2D eigenvalue weighted by Crippen LogP contribution is -2.31. The lowest BCUT2D eigenvalue weighted by molar-refractivity contribution is -0.119. The van der Waals surface area contributed by atoms with Gasteiger partial charge < -0.3 is 21.1 Å². The second-order valence-corrected chi connectivity index (χ2v) is 6.00. The van der Waals surface area contributed by atoms with Crippen LogP contribution in [0.15, 0.2) is 12.1 Å². The van der Waals surface area contributed by atoms with Crippen molar-refractivity contribution in [3.05, 3.63) is 12.1 Å². The summed E-state index contributed by atoms with van der Waals surface area (Å²) in [6, 6.07) is 3.81. The van der Waals surface area contributed by atoms with Gasteiger partial charge in [0, 0.05) is 6.04 Å². The van der Waals surface area contributed by atoms with E-state index in [4.69, 9.17) is 10.5 Å². The fraction of sp³-hybridized carbons (Fsp3) is 0.571. The van der Waals surface area contributed by atoms with Crippen LogP contribution in [0.4, 0.5) is 11.5 Å². The lowest BCUT2D eigenvalue weighted by Gasteiger charge is -2.21. The van der Waals surface area contributed by atoms with E-state index in [2.05, 4.69) is 15.6 Å². The molecule has 1 aromatic heterocycles. The molecule has 0 spiro atoms. The Morgan fingerprint density at radius 2 is 2.15 bits per heavy atom. The van der Waals surface area contributed by atoms with Gasteiger partial charge in [0.25, 0.3) is 0 Å². The standard InChI is InChI=1S/C14H22N4O2/c1-14(2,3)20-13-10(15)6-7-11(18-13)16-8-12(19)17-9-4-5-9/h6-7,9H,4-5,8,15H2,1-3H3,(H,16,18)(H,17,19). The second kappa shape index (κ2) is 5.56. The quantitative estimate of drug-likeness (QED) is 0.760. The van der Waals surface area contributed by atoms with Crippen LogP contribution >= 0.6 is 0 Å². The van der Waals surface area contributed by atoms with Crippen LogP contribution in [0.25, 0.3) is 0 Å². The highest BCUT2D eigenvalue weighted by molar-refractivity contribution is 5.81. The Labute approximate surface area is 119 Å². The van der Waals surface area contributed by atoms with Crippen LogP contribution in [0.2, 0.25) is 0 Å². The molecular formula is C14H22N4O2. The number of hydrogen-bond donors (Lipinski definition) is 3. The molecule has 0 saturated heterocycles. The summed E-state index contributed by atoms with van der Waals surface area (Å²) in [5, 5.41) is 5.88. The highest BCUT2D eigenvalue weighted by Gasteiger charge is 2.23. The molecule has 1 aromatic rings. The number of nitrogen functional groups attached to an aromatic ring is 1. The Hall–Kier alpha value is -1.98. The zero-order chi connectivity index (χ0) is 14.8. The largest absolute Gasteiger partial charge is 0.470 e. The average molecular weight is 278 g/mol. The molecule has 1 heterocycles. The van der Waals surface area contributed by atoms with Gasteiger partial charge in [-0.05, 0) is 45.7 Å². The molecule has 4 N–H and O–H groups in total. The zero-order valence-electron chi connectivity index (χ0n) is 12.2. The molecule has 110 valence electrons. The number of hydrogen-bond acceptors (Lipinski definition) is 5. The molecule has 6 heteroatoms. The first-order chi connectivity index (χ1) is 9.33. The van der Waals surface area contributed by atoms with Crippen molar-refractivity contribution in [3.63, 3.8) is 0 Å². The Balaban J connectivity index is 1.93. The van der Waals surface area contributed by atoms with Gasteiger partial charge in [-0.25, -0.2) is 0 Å². The van der Waals surface area contributed by atoms with Crippen LogP contribution in [0.1, 0.15) is 33.6 Å². The van der Waals surface area contributed by atoms with Gasteiger partial charge >= 0.3 is 0 Å². The van der Waals surface area contributed by atoms with Crippen molar-refractivity contribution >= 4 is 17.4 Å². The van der Waals surface area contributed by atoms with Gasteiger partial charge in [0.1, 0.15) is 11.4 Å². The fourth-order valence-corrected chi connectivity index (χ4v) is 1.60. The number of carbonyl (C=O) groups is 1. The minimum Gasteiger partial charge on any atom is -0.470 e. The third kappa shape index (κ3) is 4.60. The number of carbonyl (C=O) groups excluding carboxylic acids is 1. The Bertz CT molecular complexity index is 492. The summed E-state index contributed by atoms with van der Waals surface area (Å²) in [6.45, 7) is 5.98. The molecule has 0 atom stereocenters. The first-order valence-electron chi connectivity index (χ1n) is 6.82. The third-order valence-electron chi connectivity index (χ3n) is 2.67. The molecule has 1 aliphatic rings. The predicted molar refractivity (Wildman–Crippen MR) is 78.7 cm³/mol. The molecule has 2 rings (SSSR count). The van der Waals surface area contributed by atoms with E-state index in [1.807, 2.05) is 20.8 Å². The van der Waals surface area contributed by atoms with Crippen molar-refractivity contribution in [2.75, 3.05) is 17.6 Å². The van der Waals surface area contributed by atoms with Crippen molar-refractivity contribution in [2.45, 2.75) is 45.3 Å². The monoisotopic (exact) mass is 278 g/mol. The van der Waals surface area contributed by atoms with E-state index in [1.165, 1.54) is 0 Å². The van der Waals surface area contributed by atoms with E-state index in [0.29, 0.717) is 23.4 Å². The molecule has 1 aliphatic carbocycles. The maximum Gasteiger partial charge on any atom is 0.239 e. The summed E-state index contributed by atoms with van der Waals surface area (Å²) in [7, 11) is 0. The van der Waals surface area contributed by atoms with Crippen molar-refractivity contribution < 1.29 is 9.53 Å². The molecule has 6 nitrogen and oxygen atoms in total. The van der Waals surface area contributed by atoms with E-state index in [-0.39, 0.29) is 18.1 Å². The Kier molecular flexibility index (Phi) is 4.01. The summed E-state index contributed by atoms with van der Waals surface area (Å²) in [5.74, 6) is 0.930. The maximum absolute atomic E-state index is 11.6. The topological polar surface area (TPSA) is 89.3 Å². The summed E-state index contributed by atoms with van der Waals surface area (Å²) < 4.78 is 5.68. The van der Waals surface area contributed by atoms with Crippen molar-refractivity contribution in [1.82, 2.24) is 10.3 Å². The van der Waals surface area contributed by atoms with Crippen LogP contribution in [0.5, 0.6) is 5.88 Å². The molecule has 1 saturated carbocycles. The number of rotatable bonds is 5. The minimum absolute atomic E-state index is 0.0237. The number of amides is 1. The van der Waals surface area contributed by atoms with Gasteiger partial charge in [0.2, 0.25) is 11.8 Å². The number of ether oxygens (including phenoxy) is 1. The molecule has 0 bridgehead atoms. The summed E-state index contributed by atoms with van der Waals surface area (Å²) >= 11 is 0. The van der Waals surface area contributed by atoms with Gasteiger partial charge in [0.05, 0.1) is 12.2 Å². The molecule has 0 unspecified atom stereocenters. The van der Waals surface area contributed by atoms with E-state index in [9.17, 15) is 4.79 Å². The first-order valence-corrected chi connectivity index (χ1v) is 6.82. The molecule has 1 amide bonds. The predicted octanol–water partition coefficient (Wildman–Crippen LogP) is 1.53. The van der Waals surface area contributed by atoms with Crippen molar-refractivity contribution in [2.24, 2.45) is 0 Å². The van der Waals surface area contributed by atoms with E-state index >= 15 is 0 Å². The van der Waals surface area contributed by atoms with E-state index in [0.717, 1.165) is 12.8 Å². The number of nitrogens with zero attached hydrogens (tertiary/aromatic N) is 1. The Morgan fingerprint density at radius 3 is 2.75 bits per heavy atom. The van der Waals surface area contributed by atoms with Gasteiger partial charge in [0.15, 0.2) is 0 Å². The van der Waals surface area contributed by atoms with Crippen LogP contribution in [-0.4, -0.2) is 29.1 Å². The smallest absolute Gasteiger partial charge is 0.239 e. The summed E-state index contributed by atoms with van der Waals surface area (Å²) in [5.41, 5.74) is 5.94. The highest BCUT2D eigenvalue weighted by atomic mass is 16.5. The number of nitrogens with one attached hydrogen (secondary N) is 2. The number of aromatic nitrogens is 1. The highest BCUT2D eigenvalue weighted by Crippen LogP contribution is 2.24. The second-order valence-electron chi connectivity index (χ2n) is 6.00. The Morgan fingerprint density at radius 1 is 1.45 bits per heavy atom. The van der Waals surface area contributed by atoms with Crippen LogP contribution < -0.4 is 21.1 Å². The van der Waals surface area contributed by atoms with Gasteiger partial charge in [-0.3, -0.25) is 4.79 Å². The van der Waals surface area contributed by atoms with Gasteiger partial charge in [-0.2, -0.15) is 4.98 Å². The maximum atomic E-state index is 11.6. The fourth-order valence-electron chi connectivity index (χ4n) is 1.60. The van der Waals surface area contributed by atoms with E-state index in [1.54, 1.807) is 12.1 Å². The summed E-state index contributed by atoms with van der Waals surface area (Å²) in [4.78, 5) is 15.9. The average Bonchev–Trinajstić information content (AvgIpc) is 3.12. The lowest BCUT2D eigenvalue weighted by atomic mass is 10.2. The minimum atomic E-state index is -0.372. The van der Waals surface area contributed by atoms with Crippen LogP contribution in [-0.2, 0) is 4.79 Å². The zero-order valence-corrected chi connectivity index (χ0v) is 12.2. The van der Waals surface area contributed by atoms with Crippen molar-refractivity contribution in [3.8, 4) is 5.88 Å². The number of pyridine rings is 1. The van der Waals surface area contributed by atoms with Crippen LogP contribution in [0.3, 0.4) is 0 Å². The molecule has 0 radical (unpaired) electrons. The molecule has 0 aliphatic heterocycles. The third-order valence-corrected chi connectivity index (χ3v) is 2.67. The van der Waals surface area contributed by atoms with Gasteiger partial charge in [-0.15, -0.1) is 0 Å². The van der Waals surface area contributed by atoms with Crippen LogP contribution in [0, 0.1) is 0 Å². The number of nitrogens with two attached hydrogens (primary N) is 1. The molecule has 20 heavy (non-hydrogen) atoms. The SMILES string of the molecule is CC(C)(C)Oc1nc(NCC(=O)NC2CC2)ccc1N. The summed E-state index contributed by atoms with van der Waals surface area (Å²) in [6.07, 6.45) is 2.16. The molecule has 1 fully saturated rings. The number of anilines is 2. The molecule has 0 aromatic carbocycles. The van der Waals surface area contributed by atoms with Crippen molar-refractivity contribution in [1.29, 1.82) is 0 Å². The molecular weight excluding hydrogens is 256 g/mol. The first kappa shape index (κ1) is 14.4. The van der Waals surface area contributed by atoms with E-state index < -0.39 is 0 Å².